The number of aromatic nitrogens is 3. The zero-order valence-electron chi connectivity index (χ0n) is 11.6. The minimum absolute atomic E-state index is 0.0201. The van der Waals surface area contributed by atoms with E-state index in [2.05, 4.69) is 10.1 Å². The van der Waals surface area contributed by atoms with Crippen molar-refractivity contribution in [2.75, 3.05) is 0 Å². The molecule has 0 aliphatic carbocycles. The Hall–Kier alpha value is -2.55. The molecule has 2 aromatic heterocycles. The summed E-state index contributed by atoms with van der Waals surface area (Å²) in [4.78, 5) is 27.4. The van der Waals surface area contributed by atoms with E-state index >= 15 is 0 Å². The van der Waals surface area contributed by atoms with E-state index in [1.807, 2.05) is 0 Å². The lowest BCUT2D eigenvalue weighted by atomic mass is 10.1. The fourth-order valence-electron chi connectivity index (χ4n) is 2.01. The van der Waals surface area contributed by atoms with Crippen LogP contribution in [-0.2, 0) is 6.18 Å². The summed E-state index contributed by atoms with van der Waals surface area (Å²) in [5.74, 6) is 0. The van der Waals surface area contributed by atoms with Gasteiger partial charge < -0.3 is 0 Å². The molecule has 0 unspecified atom stereocenters. The second-order valence-electron chi connectivity index (χ2n) is 4.70. The molecule has 3 aromatic rings. The Morgan fingerprint density at radius 3 is 2.61 bits per heavy atom. The number of hydrogen-bond acceptors (Lipinski definition) is 5. The highest BCUT2D eigenvalue weighted by molar-refractivity contribution is 7.15. The Bertz CT molecular complexity index is 1070. The predicted octanol–water partition coefficient (Wildman–Crippen LogP) is 1.39. The lowest BCUT2D eigenvalue weighted by Crippen LogP contribution is -2.27. The molecule has 0 aliphatic rings. The second-order valence-corrected chi connectivity index (χ2v) is 5.71. The van der Waals surface area contributed by atoms with Gasteiger partial charge in [-0.25, -0.2) is 0 Å². The lowest BCUT2D eigenvalue weighted by Gasteiger charge is -2.09. The number of aryl methyl sites for hydroxylation is 1. The van der Waals surface area contributed by atoms with E-state index in [0.717, 1.165) is 28.0 Å². The Labute approximate surface area is 130 Å². The minimum Gasteiger partial charge on any atom is -0.266 e. The maximum atomic E-state index is 13.0. The fourth-order valence-corrected chi connectivity index (χ4v) is 2.90. The molecule has 0 saturated heterocycles. The number of hydrogen-bond donors (Lipinski definition) is 0. The zero-order valence-corrected chi connectivity index (χ0v) is 12.4. The van der Waals surface area contributed by atoms with Gasteiger partial charge >= 0.3 is 6.18 Å². The molecular formula is C14H8F3N3O2S. The molecule has 0 bridgehead atoms. The first-order chi connectivity index (χ1) is 10.8. The maximum absolute atomic E-state index is 13.0. The molecule has 9 heteroatoms. The third-order valence-corrected chi connectivity index (χ3v) is 4.05. The van der Waals surface area contributed by atoms with Crippen molar-refractivity contribution in [3.63, 3.8) is 0 Å². The molecule has 1 aromatic carbocycles. The van der Waals surface area contributed by atoms with Crippen molar-refractivity contribution in [3.05, 3.63) is 66.3 Å². The van der Waals surface area contributed by atoms with Crippen molar-refractivity contribution >= 4 is 22.4 Å². The van der Waals surface area contributed by atoms with Crippen molar-refractivity contribution in [2.45, 2.75) is 13.1 Å². The molecule has 0 aliphatic heterocycles. The maximum Gasteiger partial charge on any atom is 0.416 e. The number of nitrogens with zero attached hydrogens (tertiary/aromatic N) is 3. The number of alkyl halides is 3. The highest BCUT2D eigenvalue weighted by atomic mass is 32.1. The molecule has 118 valence electrons. The summed E-state index contributed by atoms with van der Waals surface area (Å²) in [5, 5.41) is 3.81. The van der Waals surface area contributed by atoms with Crippen LogP contribution in [0.3, 0.4) is 0 Å². The van der Waals surface area contributed by atoms with Gasteiger partial charge in [0.15, 0.2) is 0 Å². The summed E-state index contributed by atoms with van der Waals surface area (Å²) in [6.45, 7) is 1.40. The molecule has 23 heavy (non-hydrogen) atoms. The first-order valence-corrected chi connectivity index (χ1v) is 7.17. The lowest BCUT2D eigenvalue weighted by molar-refractivity contribution is -0.137. The molecule has 5 nitrogen and oxygen atoms in total. The average molecular weight is 339 g/mol. The molecule has 0 atom stereocenters. The highest BCUT2D eigenvalue weighted by Gasteiger charge is 2.32. The summed E-state index contributed by atoms with van der Waals surface area (Å²) < 4.78 is 39.9. The molecule has 0 spiro atoms. The van der Waals surface area contributed by atoms with Gasteiger partial charge in [0.1, 0.15) is 5.69 Å². The topological polar surface area (TPSA) is 64.3 Å². The van der Waals surface area contributed by atoms with E-state index < -0.39 is 22.9 Å². The van der Waals surface area contributed by atoms with Crippen molar-refractivity contribution in [1.29, 1.82) is 0 Å². The average Bonchev–Trinajstić information content (AvgIpc) is 2.76. The van der Waals surface area contributed by atoms with Crippen LogP contribution in [0.25, 0.3) is 11.0 Å². The summed E-state index contributed by atoms with van der Waals surface area (Å²) in [5.41, 5.74) is -2.13. The minimum atomic E-state index is -4.53. The third kappa shape index (κ3) is 2.74. The fraction of sp³-hybridized carbons (Fsp3) is 0.143. The van der Waals surface area contributed by atoms with Gasteiger partial charge in [-0.15, -0.1) is 0 Å². The zero-order chi connectivity index (χ0) is 16.8. The van der Waals surface area contributed by atoms with Gasteiger partial charge in [0.25, 0.3) is 11.1 Å². The van der Waals surface area contributed by atoms with Gasteiger partial charge in [-0.1, -0.05) is 29.5 Å². The molecule has 0 amide bonds. The van der Waals surface area contributed by atoms with Crippen LogP contribution in [-0.4, -0.2) is 14.6 Å². The van der Waals surface area contributed by atoms with Crippen LogP contribution in [0.15, 0.2) is 33.9 Å². The Kier molecular flexibility index (Phi) is 3.52. The van der Waals surface area contributed by atoms with Crippen molar-refractivity contribution in [3.8, 4) is 0 Å². The SMILES string of the molecule is Cc1nn2c(=O)c(=Cc3ccccc3C(F)(F)F)sc2nc1=O. The molecule has 2 heterocycles. The van der Waals surface area contributed by atoms with Gasteiger partial charge in [-0.2, -0.15) is 27.8 Å². The monoisotopic (exact) mass is 339 g/mol. The van der Waals surface area contributed by atoms with E-state index in [4.69, 9.17) is 0 Å². The summed E-state index contributed by atoms with van der Waals surface area (Å²) in [6.07, 6.45) is -3.40. The van der Waals surface area contributed by atoms with Gasteiger partial charge in [0.05, 0.1) is 10.1 Å². The predicted molar refractivity (Wildman–Crippen MR) is 78.4 cm³/mol. The summed E-state index contributed by atoms with van der Waals surface area (Å²) >= 11 is 0.815. The standard InChI is InChI=1S/C14H8F3N3O2S/c1-7-11(21)18-13-20(19-7)12(22)10(23-13)6-8-4-2-3-5-9(8)14(15,16)17/h2-6H,1H3. The smallest absolute Gasteiger partial charge is 0.266 e. The molecule has 3 rings (SSSR count). The number of halogens is 3. The second kappa shape index (κ2) is 5.27. The van der Waals surface area contributed by atoms with Gasteiger partial charge in [-0.3, -0.25) is 9.59 Å². The number of rotatable bonds is 1. The van der Waals surface area contributed by atoms with Crippen molar-refractivity contribution < 1.29 is 13.2 Å². The summed E-state index contributed by atoms with van der Waals surface area (Å²) in [6, 6.07) is 4.92. The van der Waals surface area contributed by atoms with Crippen LogP contribution < -0.4 is 15.7 Å². The van der Waals surface area contributed by atoms with Crippen molar-refractivity contribution in [1.82, 2.24) is 14.6 Å². The van der Waals surface area contributed by atoms with E-state index in [-0.39, 0.29) is 20.8 Å². The Morgan fingerprint density at radius 1 is 1.22 bits per heavy atom. The first kappa shape index (κ1) is 15.3. The summed E-state index contributed by atoms with van der Waals surface area (Å²) in [7, 11) is 0. The number of benzene rings is 1. The van der Waals surface area contributed by atoms with E-state index in [1.54, 1.807) is 0 Å². The Morgan fingerprint density at radius 2 is 1.91 bits per heavy atom. The molecule has 0 fully saturated rings. The van der Waals surface area contributed by atoms with E-state index in [1.165, 1.54) is 25.1 Å². The van der Waals surface area contributed by atoms with Gasteiger partial charge in [0.2, 0.25) is 4.96 Å². The van der Waals surface area contributed by atoms with Crippen LogP contribution in [0.5, 0.6) is 0 Å². The van der Waals surface area contributed by atoms with E-state index in [0.29, 0.717) is 0 Å². The third-order valence-electron chi connectivity index (χ3n) is 3.10. The van der Waals surface area contributed by atoms with Gasteiger partial charge in [0, 0.05) is 0 Å². The van der Waals surface area contributed by atoms with Crippen LogP contribution >= 0.6 is 11.3 Å². The van der Waals surface area contributed by atoms with Crippen LogP contribution in [0.1, 0.15) is 16.8 Å². The van der Waals surface area contributed by atoms with E-state index in [9.17, 15) is 22.8 Å². The number of thiazole rings is 1. The highest BCUT2D eigenvalue weighted by Crippen LogP contribution is 2.32. The number of fused-ring (bicyclic) bond motifs is 1. The van der Waals surface area contributed by atoms with Crippen LogP contribution in [0.4, 0.5) is 13.2 Å². The first-order valence-electron chi connectivity index (χ1n) is 6.36. The van der Waals surface area contributed by atoms with Crippen molar-refractivity contribution in [2.24, 2.45) is 0 Å². The van der Waals surface area contributed by atoms with Gasteiger partial charge in [-0.05, 0) is 24.6 Å². The Balaban J connectivity index is 2.30. The quantitative estimate of drug-likeness (QED) is 0.672. The van der Waals surface area contributed by atoms with Crippen LogP contribution in [0.2, 0.25) is 0 Å². The molecule has 0 N–H and O–H groups in total. The largest absolute Gasteiger partial charge is 0.416 e. The molecular weight excluding hydrogens is 331 g/mol. The van der Waals surface area contributed by atoms with Crippen LogP contribution in [0, 0.1) is 6.92 Å². The molecule has 0 radical (unpaired) electrons. The molecule has 0 saturated carbocycles. The normalized spacial score (nSPS) is 13.0.